The monoisotopic (exact) mass is 318 g/mol. The average Bonchev–Trinajstić information content (AvgIpc) is 2.39. The van der Waals surface area contributed by atoms with Crippen LogP contribution in [-0.2, 0) is 15.5 Å². The van der Waals surface area contributed by atoms with E-state index in [1.165, 1.54) is 11.5 Å². The van der Waals surface area contributed by atoms with Crippen LogP contribution in [0.3, 0.4) is 0 Å². The first-order valence-corrected chi connectivity index (χ1v) is 7.52. The first-order chi connectivity index (χ1) is 8.99. The number of alkyl halides is 5. The van der Waals surface area contributed by atoms with E-state index in [4.69, 9.17) is 10.5 Å². The van der Waals surface area contributed by atoms with Crippen LogP contribution in [0.1, 0.15) is 13.8 Å². The van der Waals surface area contributed by atoms with E-state index < -0.39 is 18.3 Å². The van der Waals surface area contributed by atoms with Gasteiger partial charge in [0.15, 0.2) is 0 Å². The first-order valence-electron chi connectivity index (χ1n) is 5.55. The number of hydrogen-bond acceptors (Lipinski definition) is 3. The van der Waals surface area contributed by atoms with E-state index in [-0.39, 0.29) is 0 Å². The van der Waals surface area contributed by atoms with Crippen LogP contribution in [0.15, 0.2) is 0 Å². The van der Waals surface area contributed by atoms with Crippen molar-refractivity contribution in [2.75, 3.05) is 24.9 Å². The van der Waals surface area contributed by atoms with Crippen molar-refractivity contribution in [3.05, 3.63) is 0 Å². The fourth-order valence-electron chi connectivity index (χ4n) is 0.879. The van der Waals surface area contributed by atoms with Gasteiger partial charge in [0, 0.05) is 0 Å². The van der Waals surface area contributed by atoms with E-state index in [0.29, 0.717) is 29.9 Å². The average molecular weight is 318 g/mol. The second-order valence-corrected chi connectivity index (χ2v) is 6.48. The zero-order valence-corrected chi connectivity index (χ0v) is 12.4. The van der Waals surface area contributed by atoms with Crippen LogP contribution >= 0.6 is 0 Å². The van der Waals surface area contributed by atoms with Gasteiger partial charge in [-0.25, -0.2) is 19.3 Å². The molecular formula is C10H16BF5N2OS. The molecule has 0 rings (SSSR count). The summed E-state index contributed by atoms with van der Waals surface area (Å²) in [5.41, 5.74) is 0. The third kappa shape index (κ3) is 4.84. The summed E-state index contributed by atoms with van der Waals surface area (Å²) in [5.74, 6) is -1.62. The van der Waals surface area contributed by atoms with Crippen molar-refractivity contribution < 1.29 is 26.6 Å². The third-order valence-electron chi connectivity index (χ3n) is 2.59. The predicted octanol–water partition coefficient (Wildman–Crippen LogP) is 2.71. The summed E-state index contributed by atoms with van der Waals surface area (Å²) >= 11 is 0. The Morgan fingerprint density at radius 1 is 1.05 bits per heavy atom. The molecular weight excluding hydrogens is 302 g/mol. The molecule has 10 heteroatoms. The number of nitriles is 2. The number of rotatable bonds is 4. The van der Waals surface area contributed by atoms with Gasteiger partial charge >= 0.3 is 12.5 Å². The lowest BCUT2D eigenvalue weighted by atomic mass is 9.37. The quantitative estimate of drug-likeness (QED) is 0.455. The summed E-state index contributed by atoms with van der Waals surface area (Å²) in [4.78, 5) is 0. The Labute approximate surface area is 118 Å². The van der Waals surface area contributed by atoms with E-state index in [1.807, 2.05) is 0 Å². The molecule has 0 radical (unpaired) electrons. The molecule has 0 N–H and O–H groups in total. The molecule has 0 spiro atoms. The smallest absolute Gasteiger partial charge is 0.422 e. The highest BCUT2D eigenvalue weighted by Crippen LogP contribution is 2.41. The Morgan fingerprint density at radius 3 is 1.45 bits per heavy atom. The van der Waals surface area contributed by atoms with Crippen LogP contribution in [0.25, 0.3) is 0 Å². The van der Waals surface area contributed by atoms with E-state index in [0.717, 1.165) is 0 Å². The van der Waals surface area contributed by atoms with Crippen LogP contribution < -0.4 is 0 Å². The lowest BCUT2D eigenvalue weighted by molar-refractivity contribution is -0.250. The highest BCUT2D eigenvalue weighted by atomic mass is 32.2. The zero-order chi connectivity index (χ0) is 16.6. The van der Waals surface area contributed by atoms with Gasteiger partial charge in [-0.2, -0.15) is 13.2 Å². The maximum Gasteiger partial charge on any atom is 0.422 e. The minimum atomic E-state index is -5.99. The Kier molecular flexibility index (Phi) is 8.87. The highest BCUT2D eigenvalue weighted by molar-refractivity contribution is 7.96. The van der Waals surface area contributed by atoms with Crippen LogP contribution in [0, 0.1) is 22.5 Å². The molecule has 20 heavy (non-hydrogen) atoms. The van der Waals surface area contributed by atoms with Gasteiger partial charge in [-0.05, 0) is 31.9 Å². The molecule has 0 fully saturated rings. The minimum Gasteiger partial charge on any atom is -0.567 e. The van der Waals surface area contributed by atoms with Crippen molar-refractivity contribution >= 4 is 17.2 Å². The molecule has 0 aliphatic carbocycles. The summed E-state index contributed by atoms with van der Waals surface area (Å²) in [6.07, 6.45) is -8.24. The van der Waals surface area contributed by atoms with Crippen molar-refractivity contribution in [3.8, 4) is 11.9 Å². The van der Waals surface area contributed by atoms with Gasteiger partial charge in [-0.15, -0.1) is 0 Å². The molecule has 0 heterocycles. The van der Waals surface area contributed by atoms with Crippen LogP contribution in [0.2, 0.25) is 0 Å². The topological polar surface area (TPSA) is 56.8 Å². The molecule has 0 bridgehead atoms. The lowest BCUT2D eigenvalue weighted by Crippen LogP contribution is -2.61. The molecule has 0 saturated carbocycles. The Hall–Kier alpha value is -0.995. The molecule has 0 saturated heterocycles. The molecule has 116 valence electrons. The minimum absolute atomic E-state index is 0.450. The lowest BCUT2D eigenvalue weighted by Gasteiger charge is -2.35. The molecule has 0 aromatic heterocycles. The van der Waals surface area contributed by atoms with Crippen molar-refractivity contribution in [1.82, 2.24) is 0 Å². The molecule has 0 aliphatic heterocycles. The van der Waals surface area contributed by atoms with Gasteiger partial charge in [0.2, 0.25) is 0 Å². The van der Waals surface area contributed by atoms with Crippen molar-refractivity contribution in [2.45, 2.75) is 25.8 Å². The fraction of sp³-hybridized carbons (Fsp3) is 0.800. The Bertz CT molecular complexity index is 359. The van der Waals surface area contributed by atoms with E-state index in [1.54, 1.807) is 0 Å². The maximum absolute atomic E-state index is 12.6. The molecule has 0 atom stereocenters. The molecule has 0 aromatic carbocycles. The normalized spacial score (nSPS) is 12.2. The summed E-state index contributed by atoms with van der Waals surface area (Å²) in [5, 5.41) is 16.3. The fourth-order valence-corrected chi connectivity index (χ4v) is 1.29. The summed E-state index contributed by atoms with van der Waals surface area (Å²) in [7, 11) is 1.17. The Balaban J connectivity index is 0. The van der Waals surface area contributed by atoms with Crippen LogP contribution in [0.5, 0.6) is 0 Å². The van der Waals surface area contributed by atoms with Crippen molar-refractivity contribution in [3.63, 3.8) is 0 Å². The summed E-state index contributed by atoms with van der Waals surface area (Å²) in [6.45, 7) is 4.49. The predicted molar refractivity (Wildman–Crippen MR) is 69.4 cm³/mol. The SMILES string of the molecule is CC[S+](C)CC.CO[B-](C#N)(C#N)C(F)(F)C(F)(F)F. The van der Waals surface area contributed by atoms with Gasteiger partial charge in [-0.3, -0.25) is 0 Å². The van der Waals surface area contributed by atoms with Crippen molar-refractivity contribution in [1.29, 1.82) is 10.5 Å². The van der Waals surface area contributed by atoms with E-state index in [9.17, 15) is 22.0 Å². The number of halogens is 5. The van der Waals surface area contributed by atoms with E-state index in [2.05, 4.69) is 24.8 Å². The molecule has 0 aliphatic rings. The summed E-state index contributed by atoms with van der Waals surface area (Å²) < 4.78 is 64.2. The zero-order valence-electron chi connectivity index (χ0n) is 11.6. The summed E-state index contributed by atoms with van der Waals surface area (Å²) in [6, 6.07) is 0. The van der Waals surface area contributed by atoms with Crippen molar-refractivity contribution in [2.24, 2.45) is 0 Å². The second kappa shape index (κ2) is 8.33. The Morgan fingerprint density at radius 2 is 1.40 bits per heavy atom. The number of hydrogen-bond donors (Lipinski definition) is 0. The molecule has 3 nitrogen and oxygen atoms in total. The van der Waals surface area contributed by atoms with Crippen LogP contribution in [-0.4, -0.2) is 43.2 Å². The van der Waals surface area contributed by atoms with Gasteiger partial charge in [0.1, 0.15) is 11.5 Å². The molecule has 0 unspecified atom stereocenters. The standard InChI is InChI=1S/C5H3BF5N2O.C5H13S/c1-14-6(2-12,3-13)4(7,8)5(9,10)11;1-4-6(3)5-2/h1H3;4-5H2,1-3H3/q-1;+1. The van der Waals surface area contributed by atoms with E-state index >= 15 is 0 Å². The maximum atomic E-state index is 12.6. The van der Waals surface area contributed by atoms with Gasteiger partial charge in [0.25, 0.3) is 5.82 Å². The highest BCUT2D eigenvalue weighted by Gasteiger charge is 2.67. The van der Waals surface area contributed by atoms with Crippen LogP contribution in [0.4, 0.5) is 22.0 Å². The van der Waals surface area contributed by atoms with Gasteiger partial charge in [-0.1, -0.05) is 11.9 Å². The molecule has 0 aromatic rings. The third-order valence-corrected chi connectivity index (χ3v) is 4.56. The van der Waals surface area contributed by atoms with Gasteiger partial charge < -0.3 is 4.65 Å². The first kappa shape index (κ1) is 21.3. The molecule has 0 amide bonds. The largest absolute Gasteiger partial charge is 0.567 e. The number of nitrogens with zero attached hydrogens (tertiary/aromatic N) is 2. The van der Waals surface area contributed by atoms with Gasteiger partial charge in [0.05, 0.1) is 6.26 Å². The second-order valence-electron chi connectivity index (χ2n) is 3.76.